The van der Waals surface area contributed by atoms with E-state index < -0.39 is 6.10 Å². The van der Waals surface area contributed by atoms with Crippen LogP contribution in [0.2, 0.25) is 0 Å². The first-order valence-electron chi connectivity index (χ1n) is 8.58. The molecule has 1 atom stereocenters. The number of nitrogens with one attached hydrogen (secondary N) is 1. The smallest absolute Gasteiger partial charge is 0.254 e. The SMILES string of the molecule is CN1CCO[C@H](C(=O)Nc2ccccc2N(C)C2CCCC2)C1. The second-order valence-electron chi connectivity index (χ2n) is 6.68. The van der Waals surface area contributed by atoms with E-state index in [0.717, 1.165) is 17.9 Å². The van der Waals surface area contributed by atoms with E-state index >= 15 is 0 Å². The Labute approximate surface area is 138 Å². The molecule has 1 aromatic rings. The molecule has 1 N–H and O–H groups in total. The number of hydrogen-bond donors (Lipinski definition) is 1. The first-order valence-corrected chi connectivity index (χ1v) is 8.58. The van der Waals surface area contributed by atoms with Gasteiger partial charge >= 0.3 is 0 Å². The number of para-hydroxylation sites is 2. The number of likely N-dealkylation sites (N-methyl/N-ethyl adjacent to an activating group) is 1. The van der Waals surface area contributed by atoms with Gasteiger partial charge in [-0.15, -0.1) is 0 Å². The summed E-state index contributed by atoms with van der Waals surface area (Å²) in [4.78, 5) is 17.0. The maximum Gasteiger partial charge on any atom is 0.254 e. The number of benzene rings is 1. The van der Waals surface area contributed by atoms with Gasteiger partial charge in [0, 0.05) is 26.2 Å². The molecule has 5 heteroatoms. The van der Waals surface area contributed by atoms with Crippen LogP contribution in [0, 0.1) is 0 Å². The van der Waals surface area contributed by atoms with Gasteiger partial charge < -0.3 is 19.9 Å². The molecule has 23 heavy (non-hydrogen) atoms. The number of carbonyl (C=O) groups excluding carboxylic acids is 1. The van der Waals surface area contributed by atoms with E-state index in [4.69, 9.17) is 4.74 Å². The molecule has 0 radical (unpaired) electrons. The number of ether oxygens (including phenoxy) is 1. The van der Waals surface area contributed by atoms with Gasteiger partial charge in [-0.3, -0.25) is 4.79 Å². The quantitative estimate of drug-likeness (QED) is 0.926. The van der Waals surface area contributed by atoms with Crippen molar-refractivity contribution in [2.45, 2.75) is 37.8 Å². The zero-order valence-corrected chi connectivity index (χ0v) is 14.1. The molecule has 1 aromatic carbocycles. The van der Waals surface area contributed by atoms with Crippen molar-refractivity contribution in [2.75, 3.05) is 44.0 Å². The molecule has 3 rings (SSSR count). The van der Waals surface area contributed by atoms with Crippen molar-refractivity contribution in [1.29, 1.82) is 0 Å². The largest absolute Gasteiger partial charge is 0.370 e. The number of hydrogen-bond acceptors (Lipinski definition) is 4. The molecule has 126 valence electrons. The minimum atomic E-state index is -0.390. The van der Waals surface area contributed by atoms with E-state index in [-0.39, 0.29) is 5.91 Å². The number of rotatable bonds is 4. The third-order valence-corrected chi connectivity index (χ3v) is 4.98. The monoisotopic (exact) mass is 317 g/mol. The molecule has 0 aromatic heterocycles. The molecular weight excluding hydrogens is 290 g/mol. The third-order valence-electron chi connectivity index (χ3n) is 4.98. The van der Waals surface area contributed by atoms with Crippen molar-refractivity contribution >= 4 is 17.3 Å². The highest BCUT2D eigenvalue weighted by Gasteiger charge is 2.26. The normalized spacial score (nSPS) is 23.0. The topological polar surface area (TPSA) is 44.8 Å². The van der Waals surface area contributed by atoms with Crippen LogP contribution in [0.25, 0.3) is 0 Å². The summed E-state index contributed by atoms with van der Waals surface area (Å²) in [7, 11) is 4.15. The average Bonchev–Trinajstić information content (AvgIpc) is 3.09. The van der Waals surface area contributed by atoms with Crippen LogP contribution < -0.4 is 10.2 Å². The molecule has 1 amide bonds. The van der Waals surface area contributed by atoms with E-state index in [0.29, 0.717) is 19.2 Å². The van der Waals surface area contributed by atoms with Gasteiger partial charge in [-0.1, -0.05) is 25.0 Å². The lowest BCUT2D eigenvalue weighted by Gasteiger charge is -2.31. The molecule has 2 aliphatic rings. The van der Waals surface area contributed by atoms with Crippen molar-refractivity contribution in [3.63, 3.8) is 0 Å². The fraction of sp³-hybridized carbons (Fsp3) is 0.611. The number of carbonyl (C=O) groups is 1. The molecule has 0 spiro atoms. The Bertz CT molecular complexity index is 543. The fourth-order valence-electron chi connectivity index (χ4n) is 3.52. The van der Waals surface area contributed by atoms with Gasteiger partial charge in [-0.05, 0) is 32.0 Å². The maximum absolute atomic E-state index is 12.5. The summed E-state index contributed by atoms with van der Waals surface area (Å²) in [5.41, 5.74) is 1.97. The Morgan fingerprint density at radius 3 is 2.78 bits per heavy atom. The summed E-state index contributed by atoms with van der Waals surface area (Å²) < 4.78 is 5.62. The van der Waals surface area contributed by atoms with E-state index in [9.17, 15) is 4.79 Å². The summed E-state index contributed by atoms with van der Waals surface area (Å²) in [6.45, 7) is 2.13. The Morgan fingerprint density at radius 2 is 2.04 bits per heavy atom. The highest BCUT2D eigenvalue weighted by Crippen LogP contribution is 2.31. The van der Waals surface area contributed by atoms with E-state index in [1.165, 1.54) is 25.7 Å². The molecule has 5 nitrogen and oxygen atoms in total. The summed E-state index contributed by atoms with van der Waals surface area (Å²) in [5.74, 6) is -0.0520. The van der Waals surface area contributed by atoms with Crippen LogP contribution in [-0.2, 0) is 9.53 Å². The maximum atomic E-state index is 12.5. The molecule has 0 bridgehead atoms. The van der Waals surface area contributed by atoms with Crippen molar-refractivity contribution in [1.82, 2.24) is 4.90 Å². The minimum absolute atomic E-state index is 0.0520. The van der Waals surface area contributed by atoms with Crippen LogP contribution in [0.5, 0.6) is 0 Å². The van der Waals surface area contributed by atoms with Gasteiger partial charge in [0.25, 0.3) is 5.91 Å². The first-order chi connectivity index (χ1) is 11.1. The van der Waals surface area contributed by atoms with Crippen LogP contribution in [-0.4, -0.2) is 56.7 Å². The molecule has 1 aliphatic heterocycles. The second kappa shape index (κ2) is 7.32. The molecular formula is C18H27N3O2. The van der Waals surface area contributed by atoms with Crippen molar-refractivity contribution < 1.29 is 9.53 Å². The molecule has 2 fully saturated rings. The number of morpholine rings is 1. The van der Waals surface area contributed by atoms with Gasteiger partial charge in [0.15, 0.2) is 0 Å². The summed E-state index contributed by atoms with van der Waals surface area (Å²) in [6, 6.07) is 8.63. The molecule has 1 saturated heterocycles. The third kappa shape index (κ3) is 3.85. The standard InChI is InChI=1S/C18H27N3O2/c1-20-11-12-23-17(13-20)18(22)19-15-9-5-6-10-16(15)21(2)14-7-3-4-8-14/h5-6,9-10,14,17H,3-4,7-8,11-13H2,1-2H3,(H,19,22)/t17-/m0/s1. The predicted octanol–water partition coefficient (Wildman–Crippen LogP) is 2.33. The van der Waals surface area contributed by atoms with Gasteiger partial charge in [0.05, 0.1) is 18.0 Å². The fourth-order valence-corrected chi connectivity index (χ4v) is 3.52. The molecule has 1 heterocycles. The molecule has 1 saturated carbocycles. The molecule has 1 aliphatic carbocycles. The number of anilines is 2. The highest BCUT2D eigenvalue weighted by atomic mass is 16.5. The van der Waals surface area contributed by atoms with Crippen LogP contribution in [0.15, 0.2) is 24.3 Å². The Kier molecular flexibility index (Phi) is 5.18. The van der Waals surface area contributed by atoms with Gasteiger partial charge in [-0.25, -0.2) is 0 Å². The second-order valence-corrected chi connectivity index (χ2v) is 6.68. The van der Waals surface area contributed by atoms with Gasteiger partial charge in [0.2, 0.25) is 0 Å². The van der Waals surface area contributed by atoms with Crippen LogP contribution in [0.1, 0.15) is 25.7 Å². The zero-order chi connectivity index (χ0) is 16.2. The molecule has 0 unspecified atom stereocenters. The van der Waals surface area contributed by atoms with Crippen molar-refractivity contribution in [3.05, 3.63) is 24.3 Å². The van der Waals surface area contributed by atoms with Crippen LogP contribution in [0.3, 0.4) is 0 Å². The Balaban J connectivity index is 1.71. The van der Waals surface area contributed by atoms with Gasteiger partial charge in [-0.2, -0.15) is 0 Å². The summed E-state index contributed by atoms with van der Waals surface area (Å²) in [6.07, 6.45) is 4.67. The summed E-state index contributed by atoms with van der Waals surface area (Å²) >= 11 is 0. The lowest BCUT2D eigenvalue weighted by atomic mass is 10.1. The Morgan fingerprint density at radius 1 is 1.30 bits per heavy atom. The first kappa shape index (κ1) is 16.3. The van der Waals surface area contributed by atoms with Crippen molar-refractivity contribution in [3.8, 4) is 0 Å². The zero-order valence-electron chi connectivity index (χ0n) is 14.1. The minimum Gasteiger partial charge on any atom is -0.370 e. The predicted molar refractivity (Wildman–Crippen MR) is 93.0 cm³/mol. The van der Waals surface area contributed by atoms with Crippen molar-refractivity contribution in [2.24, 2.45) is 0 Å². The number of amides is 1. The Hall–Kier alpha value is -1.59. The van der Waals surface area contributed by atoms with E-state index in [2.05, 4.69) is 28.2 Å². The van der Waals surface area contributed by atoms with E-state index in [1.54, 1.807) is 0 Å². The number of nitrogens with zero attached hydrogens (tertiary/aromatic N) is 2. The van der Waals surface area contributed by atoms with Gasteiger partial charge in [0.1, 0.15) is 6.10 Å². The lowest BCUT2D eigenvalue weighted by Crippen LogP contribution is -2.46. The van der Waals surface area contributed by atoms with Crippen LogP contribution in [0.4, 0.5) is 11.4 Å². The summed E-state index contributed by atoms with van der Waals surface area (Å²) in [5, 5.41) is 3.07. The van der Waals surface area contributed by atoms with E-state index in [1.807, 2.05) is 25.2 Å². The average molecular weight is 317 g/mol. The van der Waals surface area contributed by atoms with Crippen LogP contribution >= 0.6 is 0 Å². The highest BCUT2D eigenvalue weighted by molar-refractivity contribution is 5.97. The lowest BCUT2D eigenvalue weighted by molar-refractivity contribution is -0.132.